The summed E-state index contributed by atoms with van der Waals surface area (Å²) in [7, 11) is 0. The van der Waals surface area contributed by atoms with E-state index in [0.717, 1.165) is 0 Å². The molecule has 0 aliphatic carbocycles. The van der Waals surface area contributed by atoms with Crippen LogP contribution in [-0.2, 0) is 9.53 Å². The van der Waals surface area contributed by atoms with Crippen LogP contribution in [0.2, 0.25) is 0 Å². The molecule has 5 nitrogen and oxygen atoms in total. The first-order valence-electron chi connectivity index (χ1n) is 5.79. The topological polar surface area (TPSA) is 75.6 Å². The van der Waals surface area contributed by atoms with Gasteiger partial charge in [0, 0.05) is 0 Å². The third-order valence-electron chi connectivity index (χ3n) is 2.34. The zero-order chi connectivity index (χ0) is 14.7. The maximum atomic E-state index is 11.6. The lowest BCUT2D eigenvalue weighted by Crippen LogP contribution is -2.35. The van der Waals surface area contributed by atoms with E-state index in [1.807, 2.05) is 20.8 Å². The molecular formula is C13H23NO4. The van der Waals surface area contributed by atoms with Crippen LogP contribution in [0.5, 0.6) is 0 Å². The van der Waals surface area contributed by atoms with E-state index >= 15 is 0 Å². The van der Waals surface area contributed by atoms with Gasteiger partial charge in [0.1, 0.15) is 11.3 Å². The highest BCUT2D eigenvalue weighted by molar-refractivity contribution is 5.91. The highest BCUT2D eigenvalue weighted by Crippen LogP contribution is 2.26. The summed E-state index contributed by atoms with van der Waals surface area (Å²) in [4.78, 5) is 22.7. The van der Waals surface area contributed by atoms with Gasteiger partial charge in [0.25, 0.3) is 0 Å². The minimum atomic E-state index is -1.17. The summed E-state index contributed by atoms with van der Waals surface area (Å²) >= 11 is 0. The van der Waals surface area contributed by atoms with Crippen LogP contribution in [0.1, 0.15) is 48.5 Å². The Morgan fingerprint density at radius 3 is 1.78 bits per heavy atom. The van der Waals surface area contributed by atoms with Crippen molar-refractivity contribution >= 4 is 12.1 Å². The summed E-state index contributed by atoms with van der Waals surface area (Å²) < 4.78 is 5.03. The predicted molar refractivity (Wildman–Crippen MR) is 69.2 cm³/mol. The zero-order valence-electron chi connectivity index (χ0n) is 12.2. The molecule has 1 amide bonds. The molecule has 0 saturated carbocycles. The second-order valence-corrected chi connectivity index (χ2v) is 6.18. The molecule has 5 heteroatoms. The zero-order valence-corrected chi connectivity index (χ0v) is 12.2. The van der Waals surface area contributed by atoms with Gasteiger partial charge >= 0.3 is 12.1 Å². The number of carbonyl (C=O) groups is 2. The van der Waals surface area contributed by atoms with Gasteiger partial charge < -0.3 is 9.84 Å². The summed E-state index contributed by atoms with van der Waals surface area (Å²) in [6, 6.07) is 0. The average molecular weight is 257 g/mol. The number of hydrogen-bond donors (Lipinski definition) is 2. The van der Waals surface area contributed by atoms with Gasteiger partial charge in [-0.3, -0.25) is 5.32 Å². The fourth-order valence-corrected chi connectivity index (χ4v) is 1.09. The maximum Gasteiger partial charge on any atom is 0.412 e. The van der Waals surface area contributed by atoms with Crippen molar-refractivity contribution in [3.8, 4) is 0 Å². The Bertz CT molecular complexity index is 369. The minimum absolute atomic E-state index is 0.128. The fourth-order valence-electron chi connectivity index (χ4n) is 1.09. The van der Waals surface area contributed by atoms with Crippen molar-refractivity contribution in [1.29, 1.82) is 0 Å². The van der Waals surface area contributed by atoms with Gasteiger partial charge in [-0.05, 0) is 38.7 Å². The van der Waals surface area contributed by atoms with E-state index in [4.69, 9.17) is 9.84 Å². The Labute approximate surface area is 108 Å². The van der Waals surface area contributed by atoms with Crippen molar-refractivity contribution in [1.82, 2.24) is 5.32 Å². The number of nitrogens with one attached hydrogen (secondary N) is 1. The fraction of sp³-hybridized carbons (Fsp3) is 0.692. The summed E-state index contributed by atoms with van der Waals surface area (Å²) in [5.41, 5.74) is -0.552. The van der Waals surface area contributed by atoms with E-state index in [-0.39, 0.29) is 11.1 Å². The normalized spacial score (nSPS) is 13.7. The largest absolute Gasteiger partial charge is 0.477 e. The molecule has 0 bridgehead atoms. The third kappa shape index (κ3) is 5.70. The van der Waals surface area contributed by atoms with Crippen molar-refractivity contribution in [2.24, 2.45) is 5.41 Å². The van der Waals surface area contributed by atoms with Gasteiger partial charge in [0.2, 0.25) is 0 Å². The van der Waals surface area contributed by atoms with Crippen LogP contribution in [0.3, 0.4) is 0 Å². The number of carbonyl (C=O) groups excluding carboxylic acids is 1. The standard InChI is InChI=1S/C13H23NO4/c1-8(12(2,3)4)9(10(15)16)14-11(17)18-13(5,6)7/h1-7H3,(H,14,17)(H,15,16). The predicted octanol–water partition coefficient (Wildman–Crippen LogP) is 2.92. The van der Waals surface area contributed by atoms with E-state index in [1.165, 1.54) is 0 Å². The van der Waals surface area contributed by atoms with Crippen molar-refractivity contribution in [2.75, 3.05) is 0 Å². The van der Waals surface area contributed by atoms with Gasteiger partial charge in [-0.15, -0.1) is 0 Å². The molecule has 0 heterocycles. The second kappa shape index (κ2) is 5.42. The van der Waals surface area contributed by atoms with Gasteiger partial charge in [-0.25, -0.2) is 9.59 Å². The average Bonchev–Trinajstić information content (AvgIpc) is 2.08. The summed E-state index contributed by atoms with van der Waals surface area (Å²) in [5.74, 6) is -1.17. The van der Waals surface area contributed by atoms with Gasteiger partial charge in [0.15, 0.2) is 0 Å². The number of hydrogen-bond acceptors (Lipinski definition) is 3. The summed E-state index contributed by atoms with van der Waals surface area (Å²) in [5, 5.41) is 11.4. The lowest BCUT2D eigenvalue weighted by molar-refractivity contribution is -0.133. The minimum Gasteiger partial charge on any atom is -0.477 e. The SMILES string of the molecule is CC(=C(NC(=O)OC(C)(C)C)C(=O)O)C(C)(C)C. The molecule has 0 aromatic carbocycles. The van der Waals surface area contributed by atoms with E-state index in [9.17, 15) is 9.59 Å². The highest BCUT2D eigenvalue weighted by Gasteiger charge is 2.25. The summed E-state index contributed by atoms with van der Waals surface area (Å²) in [6.07, 6.45) is -0.761. The van der Waals surface area contributed by atoms with Crippen molar-refractivity contribution in [2.45, 2.75) is 54.1 Å². The van der Waals surface area contributed by atoms with Crippen molar-refractivity contribution in [3.63, 3.8) is 0 Å². The van der Waals surface area contributed by atoms with E-state index in [0.29, 0.717) is 5.57 Å². The molecular weight excluding hydrogens is 234 g/mol. The molecule has 104 valence electrons. The van der Waals surface area contributed by atoms with Crippen LogP contribution >= 0.6 is 0 Å². The van der Waals surface area contributed by atoms with Crippen LogP contribution in [0.25, 0.3) is 0 Å². The molecule has 0 aliphatic rings. The molecule has 0 unspecified atom stereocenters. The highest BCUT2D eigenvalue weighted by atomic mass is 16.6. The van der Waals surface area contributed by atoms with Gasteiger partial charge in [0.05, 0.1) is 0 Å². The Hall–Kier alpha value is -1.52. The number of alkyl carbamates (subject to hydrolysis) is 1. The molecule has 0 rings (SSSR count). The molecule has 18 heavy (non-hydrogen) atoms. The molecule has 0 saturated heterocycles. The van der Waals surface area contributed by atoms with Crippen LogP contribution in [0.15, 0.2) is 11.3 Å². The lowest BCUT2D eigenvalue weighted by Gasteiger charge is -2.24. The molecule has 0 aromatic rings. The van der Waals surface area contributed by atoms with Crippen LogP contribution in [0, 0.1) is 5.41 Å². The first-order chi connectivity index (χ1) is 7.84. The smallest absolute Gasteiger partial charge is 0.412 e. The lowest BCUT2D eigenvalue weighted by atomic mass is 9.86. The monoisotopic (exact) mass is 257 g/mol. The molecule has 0 aliphatic heterocycles. The number of ether oxygens (including phenoxy) is 1. The number of rotatable bonds is 2. The quantitative estimate of drug-likeness (QED) is 0.746. The number of allylic oxidation sites excluding steroid dienone is 1. The molecule has 0 atom stereocenters. The molecule has 0 aromatic heterocycles. The molecule has 0 radical (unpaired) electrons. The van der Waals surface area contributed by atoms with Crippen LogP contribution in [0.4, 0.5) is 4.79 Å². The maximum absolute atomic E-state index is 11.6. The van der Waals surface area contributed by atoms with Crippen molar-refractivity contribution < 1.29 is 19.4 Å². The van der Waals surface area contributed by atoms with Crippen LogP contribution < -0.4 is 5.32 Å². The molecule has 2 N–H and O–H groups in total. The van der Waals surface area contributed by atoms with Gasteiger partial charge in [-0.1, -0.05) is 20.8 Å². The third-order valence-corrected chi connectivity index (χ3v) is 2.34. The van der Waals surface area contributed by atoms with Crippen molar-refractivity contribution in [3.05, 3.63) is 11.3 Å². The molecule has 0 fully saturated rings. The Balaban J connectivity index is 5.10. The summed E-state index contributed by atoms with van der Waals surface area (Å²) in [6.45, 7) is 12.5. The second-order valence-electron chi connectivity index (χ2n) is 6.18. The molecule has 0 spiro atoms. The number of carboxylic acid groups (broad SMARTS) is 1. The van der Waals surface area contributed by atoms with Gasteiger partial charge in [-0.2, -0.15) is 0 Å². The Morgan fingerprint density at radius 1 is 1.06 bits per heavy atom. The first kappa shape index (κ1) is 16.5. The Morgan fingerprint density at radius 2 is 1.50 bits per heavy atom. The van der Waals surface area contributed by atoms with Crippen LogP contribution in [-0.4, -0.2) is 22.8 Å². The number of amides is 1. The number of carboxylic acids is 1. The Kier molecular flexibility index (Phi) is 4.96. The number of aliphatic carboxylic acids is 1. The van der Waals surface area contributed by atoms with E-state index in [1.54, 1.807) is 27.7 Å². The van der Waals surface area contributed by atoms with E-state index in [2.05, 4.69) is 5.32 Å². The first-order valence-corrected chi connectivity index (χ1v) is 5.79. The van der Waals surface area contributed by atoms with E-state index < -0.39 is 17.7 Å².